The van der Waals surface area contributed by atoms with E-state index in [9.17, 15) is 22.8 Å². The maximum absolute atomic E-state index is 12.4. The Hall–Kier alpha value is -3.47. The van der Waals surface area contributed by atoms with Gasteiger partial charge >= 0.3 is 11.5 Å². The summed E-state index contributed by atoms with van der Waals surface area (Å²) in [5.41, 5.74) is -3.50. The summed E-state index contributed by atoms with van der Waals surface area (Å²) in [6.07, 6.45) is 0. The van der Waals surface area contributed by atoms with Gasteiger partial charge in [-0.15, -0.1) is 0 Å². The molecule has 3 aromatic rings. The van der Waals surface area contributed by atoms with Gasteiger partial charge in [-0.2, -0.15) is 13.2 Å². The average Bonchev–Trinajstić information content (AvgIpc) is 3.17. The Balaban J connectivity index is 1.54. The number of carbonyl (C=O) groups is 2. The predicted octanol–water partition coefficient (Wildman–Crippen LogP) is 6.48. The van der Waals surface area contributed by atoms with Crippen LogP contribution in [-0.4, -0.2) is 22.6 Å². The van der Waals surface area contributed by atoms with E-state index in [0.717, 1.165) is 0 Å². The van der Waals surface area contributed by atoms with E-state index in [2.05, 4.69) is 21.1 Å². The maximum Gasteiger partial charge on any atom is 0.446 e. The molecule has 2 aromatic carbocycles. The summed E-state index contributed by atoms with van der Waals surface area (Å²) in [5, 5.41) is 11.7. The second-order valence-electron chi connectivity index (χ2n) is 8.01. The Morgan fingerprint density at radius 2 is 1.45 bits per heavy atom. The maximum atomic E-state index is 12.4. The fraction of sp³-hybridized carbons (Fsp3) is 0.227. The monoisotopic (exact) mass is 478 g/mol. The lowest BCUT2D eigenvalue weighted by atomic mass is 9.93. The molecule has 7 nitrogen and oxygen atoms in total. The van der Waals surface area contributed by atoms with Gasteiger partial charge in [0.05, 0.1) is 0 Å². The first-order chi connectivity index (χ1) is 15.4. The number of halogens is 3. The quantitative estimate of drug-likeness (QED) is 0.365. The van der Waals surface area contributed by atoms with E-state index in [1.165, 1.54) is 24.3 Å². The summed E-state index contributed by atoms with van der Waals surface area (Å²) < 4.78 is 42.4. The number of thioether (sulfide) groups is 1. The molecule has 0 unspecified atom stereocenters. The molecule has 3 rings (SSSR count). The molecule has 3 N–H and O–H groups in total. The van der Waals surface area contributed by atoms with Crippen molar-refractivity contribution >= 4 is 40.9 Å². The van der Waals surface area contributed by atoms with Gasteiger partial charge in [-0.05, 0) is 60.3 Å². The van der Waals surface area contributed by atoms with E-state index in [4.69, 9.17) is 4.52 Å². The van der Waals surface area contributed by atoms with Crippen molar-refractivity contribution in [3.8, 4) is 0 Å². The zero-order chi connectivity index (χ0) is 24.2. The number of aromatic nitrogens is 1. The van der Waals surface area contributed by atoms with Gasteiger partial charge in [0.25, 0.3) is 5.91 Å². The van der Waals surface area contributed by atoms with Crippen LogP contribution in [0.2, 0.25) is 0 Å². The highest BCUT2D eigenvalue weighted by atomic mass is 32.2. The van der Waals surface area contributed by atoms with Gasteiger partial charge in [-0.1, -0.05) is 25.9 Å². The number of nitrogens with zero attached hydrogens (tertiary/aromatic N) is 1. The van der Waals surface area contributed by atoms with Gasteiger partial charge in [0.15, 0.2) is 5.82 Å². The van der Waals surface area contributed by atoms with Crippen molar-refractivity contribution in [2.45, 2.75) is 36.6 Å². The van der Waals surface area contributed by atoms with Gasteiger partial charge in [0.2, 0.25) is 0 Å². The molecule has 1 aromatic heterocycles. The van der Waals surface area contributed by atoms with Crippen LogP contribution in [0, 0.1) is 0 Å². The smallest absolute Gasteiger partial charge is 0.359 e. The van der Waals surface area contributed by atoms with Crippen LogP contribution in [0.15, 0.2) is 64.0 Å². The molecule has 0 aliphatic heterocycles. The topological polar surface area (TPSA) is 96.3 Å². The van der Waals surface area contributed by atoms with Crippen LogP contribution in [0.4, 0.5) is 35.2 Å². The van der Waals surface area contributed by atoms with Crippen molar-refractivity contribution in [3.05, 3.63) is 65.9 Å². The lowest BCUT2D eigenvalue weighted by molar-refractivity contribution is -0.0328. The van der Waals surface area contributed by atoms with Crippen LogP contribution < -0.4 is 16.0 Å². The van der Waals surface area contributed by atoms with Gasteiger partial charge in [-0.3, -0.25) is 10.1 Å². The van der Waals surface area contributed by atoms with Crippen molar-refractivity contribution in [1.29, 1.82) is 0 Å². The molecule has 0 atom stereocenters. The minimum Gasteiger partial charge on any atom is -0.359 e. The van der Waals surface area contributed by atoms with Crippen molar-refractivity contribution in [2.75, 3.05) is 16.0 Å². The second-order valence-corrected chi connectivity index (χ2v) is 9.15. The number of nitrogens with one attached hydrogen (secondary N) is 3. The molecule has 0 saturated carbocycles. The minimum absolute atomic E-state index is 0.00648. The predicted molar refractivity (Wildman–Crippen MR) is 121 cm³/mol. The molecule has 3 amide bonds. The minimum atomic E-state index is -4.39. The molecule has 0 spiro atoms. The number of rotatable bonds is 5. The summed E-state index contributed by atoms with van der Waals surface area (Å²) >= 11 is -0.246. The number of hydrogen-bond acceptors (Lipinski definition) is 5. The van der Waals surface area contributed by atoms with Gasteiger partial charge < -0.3 is 15.2 Å². The molecule has 0 saturated heterocycles. The summed E-state index contributed by atoms with van der Waals surface area (Å²) in [7, 11) is 0. The number of alkyl halides is 3. The standard InChI is InChI=1S/C22H21F3N4O3S/c1-21(2,3)17-12-18(29-32-17)28-20(31)27-15-8-6-14(7-9-15)26-19(30)13-4-10-16(11-5-13)33-22(23,24)25/h4-12H,1-3H3,(H,26,30)(H2,27,28,29,31). The van der Waals surface area contributed by atoms with Crippen molar-refractivity contribution in [3.63, 3.8) is 0 Å². The molecule has 0 aliphatic rings. The Morgan fingerprint density at radius 1 is 0.879 bits per heavy atom. The Kier molecular flexibility index (Phi) is 7.01. The van der Waals surface area contributed by atoms with E-state index in [0.29, 0.717) is 17.1 Å². The lowest BCUT2D eigenvalue weighted by Gasteiger charge is -2.12. The third-order valence-corrected chi connectivity index (χ3v) is 4.98. The molecule has 0 radical (unpaired) electrons. The van der Waals surface area contributed by atoms with Crippen LogP contribution in [0.5, 0.6) is 0 Å². The first kappa shape index (κ1) is 24.2. The van der Waals surface area contributed by atoms with Crippen LogP contribution in [0.25, 0.3) is 0 Å². The van der Waals surface area contributed by atoms with E-state index in [-0.39, 0.29) is 33.5 Å². The molecule has 174 valence electrons. The van der Waals surface area contributed by atoms with Crippen molar-refractivity contribution in [2.24, 2.45) is 0 Å². The highest BCUT2D eigenvalue weighted by molar-refractivity contribution is 8.00. The summed E-state index contributed by atoms with van der Waals surface area (Å²) in [6.45, 7) is 5.87. The number of hydrogen-bond donors (Lipinski definition) is 3. The Bertz CT molecular complexity index is 1120. The van der Waals surface area contributed by atoms with Crippen LogP contribution in [-0.2, 0) is 5.41 Å². The zero-order valence-electron chi connectivity index (χ0n) is 17.9. The SMILES string of the molecule is CC(C)(C)c1cc(NC(=O)Nc2ccc(NC(=O)c3ccc(SC(F)(F)F)cc3)cc2)no1. The zero-order valence-corrected chi connectivity index (χ0v) is 18.7. The average molecular weight is 478 g/mol. The number of carbonyl (C=O) groups excluding carboxylic acids is 2. The third-order valence-electron chi connectivity index (χ3n) is 4.24. The van der Waals surface area contributed by atoms with Gasteiger partial charge in [0.1, 0.15) is 5.76 Å². The molecular weight excluding hydrogens is 457 g/mol. The highest BCUT2D eigenvalue weighted by Crippen LogP contribution is 2.36. The highest BCUT2D eigenvalue weighted by Gasteiger charge is 2.29. The van der Waals surface area contributed by atoms with Crippen LogP contribution >= 0.6 is 11.8 Å². The van der Waals surface area contributed by atoms with Gasteiger partial charge in [-0.25, -0.2) is 4.79 Å². The van der Waals surface area contributed by atoms with E-state index in [1.807, 2.05) is 20.8 Å². The van der Waals surface area contributed by atoms with E-state index < -0.39 is 17.4 Å². The molecule has 0 bridgehead atoms. The Morgan fingerprint density at radius 3 is 1.97 bits per heavy atom. The summed E-state index contributed by atoms with van der Waals surface area (Å²) in [4.78, 5) is 24.5. The molecule has 33 heavy (non-hydrogen) atoms. The molecule has 1 heterocycles. The molecule has 0 fully saturated rings. The third kappa shape index (κ3) is 7.28. The number of benzene rings is 2. The number of anilines is 3. The van der Waals surface area contributed by atoms with Gasteiger partial charge in [0, 0.05) is 33.3 Å². The normalized spacial score (nSPS) is 11.7. The Labute approximate surface area is 192 Å². The fourth-order valence-corrected chi connectivity index (χ4v) is 3.15. The van der Waals surface area contributed by atoms with Crippen LogP contribution in [0.1, 0.15) is 36.9 Å². The number of amides is 3. The van der Waals surface area contributed by atoms with Crippen LogP contribution in [0.3, 0.4) is 0 Å². The largest absolute Gasteiger partial charge is 0.446 e. The molecular formula is C22H21F3N4O3S. The van der Waals surface area contributed by atoms with E-state index >= 15 is 0 Å². The fourth-order valence-electron chi connectivity index (χ4n) is 2.61. The number of urea groups is 1. The first-order valence-electron chi connectivity index (χ1n) is 9.71. The molecule has 11 heteroatoms. The second kappa shape index (κ2) is 9.57. The lowest BCUT2D eigenvalue weighted by Crippen LogP contribution is -2.19. The van der Waals surface area contributed by atoms with Crippen molar-refractivity contribution < 1.29 is 27.3 Å². The van der Waals surface area contributed by atoms with Crippen molar-refractivity contribution in [1.82, 2.24) is 5.16 Å². The first-order valence-corrected chi connectivity index (χ1v) is 10.5. The summed E-state index contributed by atoms with van der Waals surface area (Å²) in [5.74, 6) is 0.435. The van der Waals surface area contributed by atoms with E-state index in [1.54, 1.807) is 30.3 Å². The molecule has 0 aliphatic carbocycles. The summed E-state index contributed by atoms with van der Waals surface area (Å²) in [6, 6.07) is 12.6.